The van der Waals surface area contributed by atoms with E-state index in [0.717, 1.165) is 26.1 Å². The summed E-state index contributed by atoms with van der Waals surface area (Å²) < 4.78 is 31.3. The molecule has 1 aromatic rings. The summed E-state index contributed by atoms with van der Waals surface area (Å²) in [5.74, 6) is 0. The van der Waals surface area contributed by atoms with Crippen LogP contribution in [0.3, 0.4) is 0 Å². The van der Waals surface area contributed by atoms with Crippen molar-refractivity contribution in [2.24, 2.45) is 0 Å². The standard InChI is InChI=1S/C14H21N3O3S/c1-21(18,19)17-8-9-20-14-4-7-16(11-13(14)17)10-12-2-5-15-6-3-12/h2-3,5-6,13-14H,4,7-11H2,1H3/t13-,14-/m1/s1. The first-order chi connectivity index (χ1) is 10.0. The van der Waals surface area contributed by atoms with Gasteiger partial charge in [-0.3, -0.25) is 9.88 Å². The Morgan fingerprint density at radius 1 is 1.33 bits per heavy atom. The Morgan fingerprint density at radius 3 is 2.81 bits per heavy atom. The third-order valence-corrected chi connectivity index (χ3v) is 5.50. The molecule has 0 saturated carbocycles. The van der Waals surface area contributed by atoms with Crippen LogP contribution in [0, 0.1) is 0 Å². The van der Waals surface area contributed by atoms with Crippen molar-refractivity contribution in [3.05, 3.63) is 30.1 Å². The minimum absolute atomic E-state index is 0.0298. The summed E-state index contributed by atoms with van der Waals surface area (Å²) in [5, 5.41) is 0. The summed E-state index contributed by atoms with van der Waals surface area (Å²) in [4.78, 5) is 6.32. The van der Waals surface area contributed by atoms with Gasteiger partial charge in [0.2, 0.25) is 10.0 Å². The largest absolute Gasteiger partial charge is 0.375 e. The highest BCUT2D eigenvalue weighted by atomic mass is 32.2. The van der Waals surface area contributed by atoms with Crippen LogP contribution in [0.5, 0.6) is 0 Å². The monoisotopic (exact) mass is 311 g/mol. The average Bonchev–Trinajstić information content (AvgIpc) is 2.46. The van der Waals surface area contributed by atoms with Crippen LogP contribution in [0.1, 0.15) is 12.0 Å². The molecule has 6 nitrogen and oxygen atoms in total. The molecule has 2 aliphatic rings. The zero-order valence-electron chi connectivity index (χ0n) is 12.2. The molecule has 0 aliphatic carbocycles. The molecule has 0 amide bonds. The molecule has 116 valence electrons. The molecule has 2 aliphatic heterocycles. The number of hydrogen-bond acceptors (Lipinski definition) is 5. The van der Waals surface area contributed by atoms with Crippen LogP contribution >= 0.6 is 0 Å². The van der Waals surface area contributed by atoms with Crippen LogP contribution in [0.15, 0.2) is 24.5 Å². The highest BCUT2D eigenvalue weighted by Gasteiger charge is 2.40. The summed E-state index contributed by atoms with van der Waals surface area (Å²) in [7, 11) is -3.18. The van der Waals surface area contributed by atoms with Gasteiger partial charge in [-0.05, 0) is 24.1 Å². The van der Waals surface area contributed by atoms with Gasteiger partial charge in [0.1, 0.15) is 0 Å². The van der Waals surface area contributed by atoms with Crippen molar-refractivity contribution in [1.82, 2.24) is 14.2 Å². The molecule has 0 spiro atoms. The molecule has 0 unspecified atom stereocenters. The Bertz CT molecular complexity index is 578. The van der Waals surface area contributed by atoms with Crippen molar-refractivity contribution in [2.45, 2.75) is 25.1 Å². The lowest BCUT2D eigenvalue weighted by molar-refractivity contribution is -0.0768. The molecule has 2 fully saturated rings. The van der Waals surface area contributed by atoms with Crippen molar-refractivity contribution in [3.8, 4) is 0 Å². The third-order valence-electron chi connectivity index (χ3n) is 4.20. The number of likely N-dealkylation sites (tertiary alicyclic amines) is 1. The number of morpholine rings is 1. The fourth-order valence-corrected chi connectivity index (χ4v) is 4.31. The lowest BCUT2D eigenvalue weighted by Gasteiger charge is -2.45. The minimum atomic E-state index is -3.18. The van der Waals surface area contributed by atoms with Crippen LogP contribution in [0.2, 0.25) is 0 Å². The Balaban J connectivity index is 1.71. The van der Waals surface area contributed by atoms with Gasteiger partial charge in [0.05, 0.1) is 25.0 Å². The van der Waals surface area contributed by atoms with E-state index in [1.165, 1.54) is 11.8 Å². The van der Waals surface area contributed by atoms with Crippen molar-refractivity contribution in [2.75, 3.05) is 32.5 Å². The third kappa shape index (κ3) is 3.42. The summed E-state index contributed by atoms with van der Waals surface area (Å²) in [6, 6.07) is 3.93. The van der Waals surface area contributed by atoms with Crippen molar-refractivity contribution < 1.29 is 13.2 Å². The van der Waals surface area contributed by atoms with E-state index in [-0.39, 0.29) is 12.1 Å². The SMILES string of the molecule is CS(=O)(=O)N1CCO[C@@H]2CCN(Cc3ccncc3)C[C@H]21. The number of fused-ring (bicyclic) bond motifs is 1. The molecule has 0 N–H and O–H groups in total. The summed E-state index contributed by atoms with van der Waals surface area (Å²) in [5.41, 5.74) is 1.20. The Kier molecular flexibility index (Phi) is 4.26. The van der Waals surface area contributed by atoms with E-state index in [4.69, 9.17) is 4.74 Å². The van der Waals surface area contributed by atoms with E-state index in [1.807, 2.05) is 12.1 Å². The summed E-state index contributed by atoms with van der Waals surface area (Å²) >= 11 is 0. The molecule has 2 saturated heterocycles. The van der Waals surface area contributed by atoms with E-state index in [0.29, 0.717) is 13.2 Å². The fourth-order valence-electron chi connectivity index (χ4n) is 3.21. The number of sulfonamides is 1. The van der Waals surface area contributed by atoms with E-state index in [1.54, 1.807) is 16.7 Å². The number of aromatic nitrogens is 1. The van der Waals surface area contributed by atoms with Crippen LogP contribution in [-0.4, -0.2) is 67.2 Å². The second kappa shape index (κ2) is 6.00. The lowest BCUT2D eigenvalue weighted by atomic mass is 10.00. The molecule has 0 bridgehead atoms. The highest BCUT2D eigenvalue weighted by molar-refractivity contribution is 7.88. The number of pyridine rings is 1. The zero-order valence-corrected chi connectivity index (χ0v) is 13.0. The van der Waals surface area contributed by atoms with E-state index in [9.17, 15) is 8.42 Å². The van der Waals surface area contributed by atoms with Gasteiger partial charge < -0.3 is 4.74 Å². The van der Waals surface area contributed by atoms with Gasteiger partial charge in [-0.1, -0.05) is 0 Å². The maximum atomic E-state index is 11.9. The molecule has 3 heterocycles. The van der Waals surface area contributed by atoms with Gasteiger partial charge in [0.25, 0.3) is 0 Å². The van der Waals surface area contributed by atoms with Crippen LogP contribution < -0.4 is 0 Å². The topological polar surface area (TPSA) is 62.7 Å². The van der Waals surface area contributed by atoms with Crippen molar-refractivity contribution in [1.29, 1.82) is 0 Å². The maximum Gasteiger partial charge on any atom is 0.211 e. The number of hydrogen-bond donors (Lipinski definition) is 0. The van der Waals surface area contributed by atoms with Gasteiger partial charge in [-0.2, -0.15) is 4.31 Å². The molecule has 0 radical (unpaired) electrons. The van der Waals surface area contributed by atoms with Crippen LogP contribution in [0.4, 0.5) is 0 Å². The Labute approximate surface area is 125 Å². The second-order valence-corrected chi connectivity index (χ2v) is 7.66. The van der Waals surface area contributed by atoms with Gasteiger partial charge in [-0.25, -0.2) is 8.42 Å². The molecule has 21 heavy (non-hydrogen) atoms. The van der Waals surface area contributed by atoms with Crippen LogP contribution in [-0.2, 0) is 21.3 Å². The molecule has 1 aromatic heterocycles. The molecule has 7 heteroatoms. The second-order valence-electron chi connectivity index (χ2n) is 5.73. The number of piperidine rings is 1. The summed E-state index contributed by atoms with van der Waals surface area (Å²) in [6.07, 6.45) is 5.77. The minimum Gasteiger partial charge on any atom is -0.375 e. The molecule has 0 aromatic carbocycles. The van der Waals surface area contributed by atoms with Crippen molar-refractivity contribution in [3.63, 3.8) is 0 Å². The molecular weight excluding hydrogens is 290 g/mol. The smallest absolute Gasteiger partial charge is 0.211 e. The Hall–Kier alpha value is -1.02. The number of rotatable bonds is 3. The Morgan fingerprint density at radius 2 is 2.10 bits per heavy atom. The molecule has 2 atom stereocenters. The van der Waals surface area contributed by atoms with Gasteiger partial charge >= 0.3 is 0 Å². The quantitative estimate of drug-likeness (QED) is 0.804. The first-order valence-electron chi connectivity index (χ1n) is 7.24. The zero-order chi connectivity index (χ0) is 14.9. The fraction of sp³-hybridized carbons (Fsp3) is 0.643. The van der Waals surface area contributed by atoms with E-state index >= 15 is 0 Å². The van der Waals surface area contributed by atoms with E-state index in [2.05, 4.69) is 9.88 Å². The molecule has 3 rings (SSSR count). The maximum absolute atomic E-state index is 11.9. The first kappa shape index (κ1) is 14.9. The summed E-state index contributed by atoms with van der Waals surface area (Å²) in [6.45, 7) is 3.44. The molecular formula is C14H21N3O3S. The highest BCUT2D eigenvalue weighted by Crippen LogP contribution is 2.25. The predicted molar refractivity (Wildman–Crippen MR) is 79.2 cm³/mol. The number of ether oxygens (including phenoxy) is 1. The predicted octanol–water partition coefficient (Wildman–Crippen LogP) is 0.316. The lowest BCUT2D eigenvalue weighted by Crippen LogP contribution is -2.60. The van der Waals surface area contributed by atoms with E-state index < -0.39 is 10.0 Å². The van der Waals surface area contributed by atoms with Gasteiger partial charge in [-0.15, -0.1) is 0 Å². The number of nitrogens with zero attached hydrogens (tertiary/aromatic N) is 3. The van der Waals surface area contributed by atoms with Gasteiger partial charge in [0, 0.05) is 38.6 Å². The normalized spacial score (nSPS) is 28.2. The van der Waals surface area contributed by atoms with Gasteiger partial charge in [0.15, 0.2) is 0 Å². The average molecular weight is 311 g/mol. The van der Waals surface area contributed by atoms with Crippen molar-refractivity contribution >= 4 is 10.0 Å². The first-order valence-corrected chi connectivity index (χ1v) is 9.08. The van der Waals surface area contributed by atoms with Crippen LogP contribution in [0.25, 0.3) is 0 Å².